The van der Waals surface area contributed by atoms with Crippen LogP contribution in [-0.2, 0) is 9.59 Å². The van der Waals surface area contributed by atoms with Crippen LogP contribution in [0.3, 0.4) is 0 Å². The first-order valence-electron chi connectivity index (χ1n) is 8.09. The Morgan fingerprint density at radius 2 is 1.69 bits per heavy atom. The molecule has 0 bridgehead atoms. The van der Waals surface area contributed by atoms with E-state index in [0.717, 1.165) is 5.56 Å². The predicted octanol–water partition coefficient (Wildman–Crippen LogP) is 4.67. The molecule has 2 N–H and O–H groups in total. The van der Waals surface area contributed by atoms with E-state index in [1.165, 1.54) is 7.11 Å². The Balaban J connectivity index is 1.78. The SMILES string of the molecule is COc1ccc(C)cc1NC(=O)C1(C(=O)Nc2cccc(Cl)c2Cl)CC1. The van der Waals surface area contributed by atoms with Gasteiger partial charge in [-0.25, -0.2) is 0 Å². The molecule has 5 nitrogen and oxygen atoms in total. The van der Waals surface area contributed by atoms with Crippen LogP contribution in [0, 0.1) is 12.3 Å². The molecular weight excluding hydrogens is 375 g/mol. The van der Waals surface area contributed by atoms with E-state index in [2.05, 4.69) is 10.6 Å². The van der Waals surface area contributed by atoms with Crippen LogP contribution in [0.5, 0.6) is 5.75 Å². The number of ether oxygens (including phenoxy) is 1. The zero-order valence-electron chi connectivity index (χ0n) is 14.4. The molecular formula is C19H18Cl2N2O3. The molecule has 1 aliphatic rings. The van der Waals surface area contributed by atoms with Gasteiger partial charge in [0.15, 0.2) is 0 Å². The molecule has 136 valence electrons. The average Bonchev–Trinajstić information content (AvgIpc) is 3.41. The van der Waals surface area contributed by atoms with E-state index in [4.69, 9.17) is 27.9 Å². The molecule has 0 heterocycles. The molecule has 0 aromatic heterocycles. The number of hydrogen-bond acceptors (Lipinski definition) is 3. The Labute approximate surface area is 161 Å². The number of rotatable bonds is 5. The van der Waals surface area contributed by atoms with Crippen LogP contribution in [-0.4, -0.2) is 18.9 Å². The second kappa shape index (κ2) is 7.17. The number of benzene rings is 2. The number of amides is 2. The van der Waals surface area contributed by atoms with Gasteiger partial charge in [0.1, 0.15) is 11.2 Å². The first-order valence-corrected chi connectivity index (χ1v) is 8.84. The van der Waals surface area contributed by atoms with Crippen molar-refractivity contribution < 1.29 is 14.3 Å². The van der Waals surface area contributed by atoms with Crippen molar-refractivity contribution in [3.63, 3.8) is 0 Å². The number of hydrogen-bond donors (Lipinski definition) is 2. The van der Waals surface area contributed by atoms with Crippen LogP contribution in [0.25, 0.3) is 0 Å². The molecule has 7 heteroatoms. The fraction of sp³-hybridized carbons (Fsp3) is 0.263. The van der Waals surface area contributed by atoms with E-state index in [1.807, 2.05) is 13.0 Å². The highest BCUT2D eigenvalue weighted by Crippen LogP contribution is 2.48. The Hall–Kier alpha value is -2.24. The minimum atomic E-state index is -1.11. The monoisotopic (exact) mass is 392 g/mol. The minimum absolute atomic E-state index is 0.249. The van der Waals surface area contributed by atoms with Crippen LogP contribution in [0.1, 0.15) is 18.4 Å². The highest BCUT2D eigenvalue weighted by atomic mass is 35.5. The molecule has 0 radical (unpaired) electrons. The molecule has 1 saturated carbocycles. The van der Waals surface area contributed by atoms with Crippen molar-refractivity contribution in [1.82, 2.24) is 0 Å². The first kappa shape index (κ1) is 18.5. The van der Waals surface area contributed by atoms with Gasteiger partial charge in [0, 0.05) is 0 Å². The molecule has 2 aromatic carbocycles. The number of aryl methyl sites for hydroxylation is 1. The Kier molecular flexibility index (Phi) is 5.12. The second-order valence-electron chi connectivity index (χ2n) is 6.30. The Bertz CT molecular complexity index is 879. The molecule has 26 heavy (non-hydrogen) atoms. The molecule has 0 aliphatic heterocycles. The van der Waals surface area contributed by atoms with Crippen molar-refractivity contribution in [2.45, 2.75) is 19.8 Å². The van der Waals surface area contributed by atoms with Gasteiger partial charge in [-0.2, -0.15) is 0 Å². The van der Waals surface area contributed by atoms with Crippen LogP contribution in [0.15, 0.2) is 36.4 Å². The maximum atomic E-state index is 12.8. The van der Waals surface area contributed by atoms with Gasteiger partial charge >= 0.3 is 0 Å². The van der Waals surface area contributed by atoms with Crippen LogP contribution < -0.4 is 15.4 Å². The summed E-state index contributed by atoms with van der Waals surface area (Å²) >= 11 is 12.1. The summed E-state index contributed by atoms with van der Waals surface area (Å²) in [5, 5.41) is 6.11. The molecule has 2 amide bonds. The zero-order chi connectivity index (χ0) is 18.9. The third kappa shape index (κ3) is 3.50. The highest BCUT2D eigenvalue weighted by molar-refractivity contribution is 6.44. The van der Waals surface area contributed by atoms with Crippen LogP contribution in [0.2, 0.25) is 10.0 Å². The largest absolute Gasteiger partial charge is 0.495 e. The lowest BCUT2D eigenvalue weighted by atomic mass is 10.0. The fourth-order valence-corrected chi connectivity index (χ4v) is 3.03. The number of halogens is 2. The van der Waals surface area contributed by atoms with E-state index in [0.29, 0.717) is 35.0 Å². The van der Waals surface area contributed by atoms with E-state index in [-0.39, 0.29) is 10.9 Å². The third-order valence-corrected chi connectivity index (χ3v) is 5.24. The summed E-state index contributed by atoms with van der Waals surface area (Å²) in [6.07, 6.45) is 0.938. The molecule has 1 fully saturated rings. The summed E-state index contributed by atoms with van der Waals surface area (Å²) in [7, 11) is 1.53. The Morgan fingerprint density at radius 1 is 1.04 bits per heavy atom. The normalized spacial score (nSPS) is 14.5. The number of nitrogens with one attached hydrogen (secondary N) is 2. The Morgan fingerprint density at radius 3 is 2.31 bits per heavy atom. The lowest BCUT2D eigenvalue weighted by Crippen LogP contribution is -2.35. The maximum absolute atomic E-state index is 12.8. The summed E-state index contributed by atoms with van der Waals surface area (Å²) in [6.45, 7) is 1.91. The van der Waals surface area contributed by atoms with Gasteiger partial charge < -0.3 is 15.4 Å². The number of methoxy groups -OCH3 is 1. The van der Waals surface area contributed by atoms with Crippen molar-refractivity contribution in [1.29, 1.82) is 0 Å². The van der Waals surface area contributed by atoms with Crippen molar-refractivity contribution >= 4 is 46.4 Å². The molecule has 0 atom stereocenters. The predicted molar refractivity (Wildman–Crippen MR) is 103 cm³/mol. The first-order chi connectivity index (χ1) is 12.4. The molecule has 1 aliphatic carbocycles. The van der Waals surface area contributed by atoms with Gasteiger partial charge in [-0.1, -0.05) is 35.3 Å². The van der Waals surface area contributed by atoms with Crippen molar-refractivity contribution in [3.05, 3.63) is 52.0 Å². The van der Waals surface area contributed by atoms with E-state index < -0.39 is 11.3 Å². The number of carbonyl (C=O) groups is 2. The van der Waals surface area contributed by atoms with Gasteiger partial charge in [0.2, 0.25) is 11.8 Å². The summed E-state index contributed by atoms with van der Waals surface area (Å²) < 4.78 is 5.27. The van der Waals surface area contributed by atoms with Gasteiger partial charge in [0.05, 0.1) is 28.5 Å². The zero-order valence-corrected chi connectivity index (χ0v) is 15.9. The molecule has 0 spiro atoms. The minimum Gasteiger partial charge on any atom is -0.495 e. The van der Waals surface area contributed by atoms with Crippen LogP contribution in [0.4, 0.5) is 11.4 Å². The molecule has 0 saturated heterocycles. The lowest BCUT2D eigenvalue weighted by molar-refractivity contribution is -0.131. The fourth-order valence-electron chi connectivity index (χ4n) is 2.69. The second-order valence-corrected chi connectivity index (χ2v) is 7.08. The van der Waals surface area contributed by atoms with Crippen molar-refractivity contribution in [3.8, 4) is 5.75 Å². The quantitative estimate of drug-likeness (QED) is 0.726. The van der Waals surface area contributed by atoms with Gasteiger partial charge in [-0.05, 0) is 49.6 Å². The molecule has 2 aromatic rings. The lowest BCUT2D eigenvalue weighted by Gasteiger charge is -2.17. The smallest absolute Gasteiger partial charge is 0.240 e. The van der Waals surface area contributed by atoms with Crippen molar-refractivity contribution in [2.75, 3.05) is 17.7 Å². The summed E-state index contributed by atoms with van der Waals surface area (Å²) in [4.78, 5) is 25.5. The summed E-state index contributed by atoms with van der Waals surface area (Å²) in [5.41, 5.74) is 0.787. The van der Waals surface area contributed by atoms with Gasteiger partial charge in [-0.3, -0.25) is 9.59 Å². The van der Waals surface area contributed by atoms with E-state index in [9.17, 15) is 9.59 Å². The number of carbonyl (C=O) groups excluding carboxylic acids is 2. The van der Waals surface area contributed by atoms with E-state index >= 15 is 0 Å². The summed E-state index contributed by atoms with van der Waals surface area (Å²) in [5.74, 6) is -0.221. The van der Waals surface area contributed by atoms with Crippen molar-refractivity contribution in [2.24, 2.45) is 5.41 Å². The summed E-state index contributed by atoms with van der Waals surface area (Å²) in [6, 6.07) is 10.4. The average molecular weight is 393 g/mol. The van der Waals surface area contributed by atoms with Crippen LogP contribution >= 0.6 is 23.2 Å². The number of anilines is 2. The maximum Gasteiger partial charge on any atom is 0.240 e. The van der Waals surface area contributed by atoms with E-state index in [1.54, 1.807) is 30.3 Å². The van der Waals surface area contributed by atoms with Gasteiger partial charge in [-0.15, -0.1) is 0 Å². The standard InChI is InChI=1S/C19H18Cl2N2O3/c1-11-6-7-15(26-2)14(10-11)23-18(25)19(8-9-19)17(24)22-13-5-3-4-12(20)16(13)21/h3-7,10H,8-9H2,1-2H3,(H,22,24)(H,23,25). The molecule has 0 unspecified atom stereocenters. The van der Waals surface area contributed by atoms with Gasteiger partial charge in [0.25, 0.3) is 0 Å². The molecule has 3 rings (SSSR count). The highest BCUT2D eigenvalue weighted by Gasteiger charge is 2.56. The third-order valence-electron chi connectivity index (χ3n) is 4.42. The topological polar surface area (TPSA) is 67.4 Å².